The van der Waals surface area contributed by atoms with E-state index >= 15 is 0 Å². The van der Waals surface area contributed by atoms with Gasteiger partial charge in [-0.15, -0.1) is 35.3 Å². The van der Waals surface area contributed by atoms with Crippen LogP contribution in [-0.4, -0.2) is 55.2 Å². The van der Waals surface area contributed by atoms with Crippen molar-refractivity contribution in [2.45, 2.75) is 32.7 Å². The largest absolute Gasteiger partial charge is 0.379 e. The lowest BCUT2D eigenvalue weighted by atomic mass is 10.2. The molecule has 0 aliphatic carbocycles. The van der Waals surface area contributed by atoms with E-state index in [1.807, 2.05) is 0 Å². The van der Waals surface area contributed by atoms with Gasteiger partial charge < -0.3 is 15.8 Å². The van der Waals surface area contributed by atoms with Gasteiger partial charge in [-0.2, -0.15) is 0 Å². The third kappa shape index (κ3) is 7.77. The third-order valence-electron chi connectivity index (χ3n) is 3.61. The fourth-order valence-electron chi connectivity index (χ4n) is 2.22. The summed E-state index contributed by atoms with van der Waals surface area (Å²) in [6.07, 6.45) is 1.06. The molecule has 0 atom stereocenters. The van der Waals surface area contributed by atoms with Gasteiger partial charge in [0.25, 0.3) is 0 Å². The van der Waals surface area contributed by atoms with Gasteiger partial charge in [0, 0.05) is 25.0 Å². The van der Waals surface area contributed by atoms with Crippen LogP contribution in [0.2, 0.25) is 0 Å². The SMILES string of the molecule is CC(C)c1csc(CN=C(N)NCCCN2CCOCC2)n1.I. The van der Waals surface area contributed by atoms with Gasteiger partial charge in [0.2, 0.25) is 0 Å². The summed E-state index contributed by atoms with van der Waals surface area (Å²) >= 11 is 1.65. The van der Waals surface area contributed by atoms with E-state index in [0.29, 0.717) is 18.4 Å². The molecule has 6 nitrogen and oxygen atoms in total. The second-order valence-corrected chi connectivity index (χ2v) is 6.70. The number of hydrogen-bond acceptors (Lipinski definition) is 5. The molecule has 0 spiro atoms. The van der Waals surface area contributed by atoms with Crippen LogP contribution < -0.4 is 11.1 Å². The van der Waals surface area contributed by atoms with Crippen molar-refractivity contribution in [1.29, 1.82) is 0 Å². The molecule has 1 aliphatic heterocycles. The van der Waals surface area contributed by atoms with Crippen molar-refractivity contribution in [3.8, 4) is 0 Å². The fourth-order valence-corrected chi connectivity index (χ4v) is 3.09. The molecule has 0 amide bonds. The Morgan fingerprint density at radius 1 is 1.48 bits per heavy atom. The van der Waals surface area contributed by atoms with E-state index in [1.165, 1.54) is 0 Å². The molecule has 1 aliphatic rings. The van der Waals surface area contributed by atoms with Crippen LogP contribution in [0.3, 0.4) is 0 Å². The lowest BCUT2D eigenvalue weighted by Gasteiger charge is -2.26. The number of nitrogens with two attached hydrogens (primary N) is 1. The molecule has 8 heteroatoms. The van der Waals surface area contributed by atoms with Crippen LogP contribution in [0.25, 0.3) is 0 Å². The van der Waals surface area contributed by atoms with Crippen molar-refractivity contribution in [3.05, 3.63) is 16.1 Å². The van der Waals surface area contributed by atoms with Crippen LogP contribution in [0.15, 0.2) is 10.4 Å². The highest BCUT2D eigenvalue weighted by molar-refractivity contribution is 14.0. The van der Waals surface area contributed by atoms with Gasteiger partial charge >= 0.3 is 0 Å². The molecule has 1 aromatic heterocycles. The highest BCUT2D eigenvalue weighted by Gasteiger charge is 2.09. The standard InChI is InChI=1S/C15H27N5OS.HI/c1-12(2)13-11-22-14(19-13)10-18-15(16)17-4-3-5-20-6-8-21-9-7-20;/h11-12H,3-10H2,1-2H3,(H3,16,17,18);1H. The summed E-state index contributed by atoms with van der Waals surface area (Å²) in [6.45, 7) is 10.5. The molecule has 0 aromatic carbocycles. The van der Waals surface area contributed by atoms with Gasteiger partial charge in [0.05, 0.1) is 25.5 Å². The quantitative estimate of drug-likeness (QED) is 0.286. The molecule has 2 rings (SSSR count). The van der Waals surface area contributed by atoms with E-state index in [4.69, 9.17) is 10.5 Å². The summed E-state index contributed by atoms with van der Waals surface area (Å²) in [5.41, 5.74) is 7.02. The van der Waals surface area contributed by atoms with E-state index in [0.717, 1.165) is 56.5 Å². The average Bonchev–Trinajstić information content (AvgIpc) is 3.00. The molecule has 0 saturated carbocycles. The Kier molecular flexibility index (Phi) is 10.00. The molecule has 0 radical (unpaired) electrons. The molecule has 2 heterocycles. The second-order valence-electron chi connectivity index (χ2n) is 5.76. The summed E-state index contributed by atoms with van der Waals surface area (Å²) < 4.78 is 5.33. The van der Waals surface area contributed by atoms with Crippen LogP contribution in [0.5, 0.6) is 0 Å². The number of halogens is 1. The zero-order valence-electron chi connectivity index (χ0n) is 14.0. The summed E-state index contributed by atoms with van der Waals surface area (Å²) in [5, 5.41) is 6.28. The van der Waals surface area contributed by atoms with E-state index in [9.17, 15) is 0 Å². The first-order chi connectivity index (χ1) is 10.6. The van der Waals surface area contributed by atoms with Gasteiger partial charge in [0.15, 0.2) is 5.96 Å². The van der Waals surface area contributed by atoms with E-state index < -0.39 is 0 Å². The third-order valence-corrected chi connectivity index (χ3v) is 4.46. The predicted molar refractivity (Wildman–Crippen MR) is 107 cm³/mol. The van der Waals surface area contributed by atoms with Crippen LogP contribution in [0.4, 0.5) is 0 Å². The molecule has 132 valence electrons. The maximum atomic E-state index is 5.89. The Bertz CT molecular complexity index is 474. The fraction of sp³-hybridized carbons (Fsp3) is 0.733. The second kappa shape index (κ2) is 11.2. The first-order valence-electron chi connectivity index (χ1n) is 7.93. The Hall–Kier alpha value is -0.450. The van der Waals surface area contributed by atoms with Gasteiger partial charge in [-0.3, -0.25) is 4.90 Å². The minimum Gasteiger partial charge on any atom is -0.379 e. The number of thiazole rings is 1. The summed E-state index contributed by atoms with van der Waals surface area (Å²) in [7, 11) is 0. The minimum absolute atomic E-state index is 0. The van der Waals surface area contributed by atoms with Crippen molar-refractivity contribution < 1.29 is 4.74 Å². The summed E-state index contributed by atoms with van der Waals surface area (Å²) in [5.74, 6) is 0.966. The lowest BCUT2D eigenvalue weighted by molar-refractivity contribution is 0.0376. The van der Waals surface area contributed by atoms with Crippen LogP contribution >= 0.6 is 35.3 Å². The average molecular weight is 453 g/mol. The van der Waals surface area contributed by atoms with E-state index in [2.05, 4.69) is 39.4 Å². The van der Waals surface area contributed by atoms with Crippen LogP contribution in [-0.2, 0) is 11.3 Å². The Morgan fingerprint density at radius 3 is 2.87 bits per heavy atom. The maximum Gasteiger partial charge on any atom is 0.189 e. The highest BCUT2D eigenvalue weighted by atomic mass is 127. The Morgan fingerprint density at radius 2 is 2.22 bits per heavy atom. The number of morpholine rings is 1. The molecule has 0 unspecified atom stereocenters. The number of aromatic nitrogens is 1. The number of ether oxygens (including phenoxy) is 1. The molecule has 1 aromatic rings. The number of nitrogens with one attached hydrogen (secondary N) is 1. The Labute approximate surface area is 159 Å². The van der Waals surface area contributed by atoms with E-state index in [1.54, 1.807) is 11.3 Å². The predicted octanol–water partition coefficient (Wildman–Crippen LogP) is 2.01. The first kappa shape index (κ1) is 20.6. The Balaban J connectivity index is 0.00000264. The topological polar surface area (TPSA) is 75.8 Å². The number of aliphatic imine (C=N–C) groups is 1. The van der Waals surface area contributed by atoms with Crippen molar-refractivity contribution >= 4 is 41.3 Å². The molecular formula is C15H28IN5OS. The molecule has 1 fully saturated rings. The van der Waals surface area contributed by atoms with E-state index in [-0.39, 0.29) is 24.0 Å². The molecular weight excluding hydrogens is 425 g/mol. The van der Waals surface area contributed by atoms with Crippen molar-refractivity contribution in [2.75, 3.05) is 39.4 Å². The van der Waals surface area contributed by atoms with Crippen LogP contribution in [0, 0.1) is 0 Å². The molecule has 1 saturated heterocycles. The maximum absolute atomic E-state index is 5.89. The molecule has 0 bridgehead atoms. The lowest BCUT2D eigenvalue weighted by Crippen LogP contribution is -2.39. The number of nitrogens with zero attached hydrogens (tertiary/aromatic N) is 3. The zero-order valence-corrected chi connectivity index (χ0v) is 17.1. The summed E-state index contributed by atoms with van der Waals surface area (Å²) in [6, 6.07) is 0. The minimum atomic E-state index is 0. The van der Waals surface area contributed by atoms with Crippen molar-refractivity contribution in [2.24, 2.45) is 10.7 Å². The number of rotatable bonds is 7. The first-order valence-corrected chi connectivity index (χ1v) is 8.81. The smallest absolute Gasteiger partial charge is 0.189 e. The van der Waals surface area contributed by atoms with Crippen molar-refractivity contribution in [1.82, 2.24) is 15.2 Å². The van der Waals surface area contributed by atoms with Gasteiger partial charge in [-0.25, -0.2) is 9.98 Å². The highest BCUT2D eigenvalue weighted by Crippen LogP contribution is 2.18. The number of hydrogen-bond donors (Lipinski definition) is 2. The summed E-state index contributed by atoms with van der Waals surface area (Å²) in [4.78, 5) is 11.3. The van der Waals surface area contributed by atoms with Crippen molar-refractivity contribution in [3.63, 3.8) is 0 Å². The van der Waals surface area contributed by atoms with Gasteiger partial charge in [0.1, 0.15) is 5.01 Å². The van der Waals surface area contributed by atoms with Gasteiger partial charge in [-0.05, 0) is 18.9 Å². The zero-order chi connectivity index (χ0) is 15.8. The monoisotopic (exact) mass is 453 g/mol. The number of guanidine groups is 1. The molecule has 23 heavy (non-hydrogen) atoms. The normalized spacial score (nSPS) is 16.4. The molecule has 3 N–H and O–H groups in total. The van der Waals surface area contributed by atoms with Gasteiger partial charge in [-0.1, -0.05) is 13.8 Å². The van der Waals surface area contributed by atoms with Crippen LogP contribution in [0.1, 0.15) is 36.9 Å².